The zero-order valence-electron chi connectivity index (χ0n) is 22.8. The first-order chi connectivity index (χ1) is 20.0. The molecule has 4 heterocycles. The predicted octanol–water partition coefficient (Wildman–Crippen LogP) is 4.40. The van der Waals surface area contributed by atoms with Crippen LogP contribution in [0.1, 0.15) is 35.2 Å². The van der Waals surface area contributed by atoms with Crippen LogP contribution in [-0.2, 0) is 0 Å². The molecule has 0 unspecified atom stereocenters. The number of hydrogen-bond acceptors (Lipinski definition) is 9. The number of halogens is 2. The number of amides is 1. The number of likely N-dealkylation sites (tertiary alicyclic amines) is 1. The van der Waals surface area contributed by atoms with E-state index in [-0.39, 0.29) is 18.6 Å². The molecule has 3 N–H and O–H groups in total. The van der Waals surface area contributed by atoms with Crippen LogP contribution < -0.4 is 16.0 Å². The van der Waals surface area contributed by atoms with E-state index < -0.39 is 0 Å². The standard InChI is InChI=1S/C29H34ClFN8OS/c1-20(33-11-10-32)23-16-26(30)28(34-17-23)38-14-15-39(25(18-38)6-9-31)24-7-12-37(13-8-24)29(40)22-4-2-21(3-5-22)27-19-41-36-35-27/h2-5,10-11,16-17,19,24-25,33H,1,6-9,12-15,18,32H2/b11-10-/t25-/m0/s1. The van der Waals surface area contributed by atoms with Crippen molar-refractivity contribution in [1.82, 2.24) is 29.7 Å². The molecule has 2 aromatic heterocycles. The van der Waals surface area contributed by atoms with Crippen LogP contribution in [0.5, 0.6) is 0 Å². The third-order valence-electron chi connectivity index (χ3n) is 7.80. The Morgan fingerprint density at radius 1 is 1.20 bits per heavy atom. The number of anilines is 1. The van der Waals surface area contributed by atoms with Crippen LogP contribution in [0.3, 0.4) is 0 Å². The van der Waals surface area contributed by atoms with Gasteiger partial charge in [-0.25, -0.2) is 4.98 Å². The van der Waals surface area contributed by atoms with E-state index in [1.807, 2.05) is 40.6 Å². The van der Waals surface area contributed by atoms with Crippen molar-refractivity contribution in [3.05, 3.63) is 77.0 Å². The quantitative estimate of drug-likeness (QED) is 0.375. The van der Waals surface area contributed by atoms with E-state index in [1.165, 1.54) is 17.7 Å². The summed E-state index contributed by atoms with van der Waals surface area (Å²) in [6.45, 7) is 7.11. The third-order valence-corrected chi connectivity index (χ3v) is 8.59. The van der Waals surface area contributed by atoms with Gasteiger partial charge in [0, 0.05) is 91.2 Å². The van der Waals surface area contributed by atoms with Crippen molar-refractivity contribution in [2.24, 2.45) is 5.73 Å². The van der Waals surface area contributed by atoms with Gasteiger partial charge >= 0.3 is 0 Å². The number of nitrogens with one attached hydrogen (secondary N) is 1. The number of pyridine rings is 1. The number of carbonyl (C=O) groups is 1. The lowest BCUT2D eigenvalue weighted by molar-refractivity contribution is 0.0470. The van der Waals surface area contributed by atoms with E-state index >= 15 is 0 Å². The highest BCUT2D eigenvalue weighted by Gasteiger charge is 2.35. The molecule has 216 valence electrons. The van der Waals surface area contributed by atoms with Gasteiger partial charge in [-0.05, 0) is 49.0 Å². The number of carbonyl (C=O) groups excluding carboxylic acids is 1. The van der Waals surface area contributed by atoms with Crippen LogP contribution >= 0.6 is 23.1 Å². The summed E-state index contributed by atoms with van der Waals surface area (Å²) in [5.74, 6) is 0.733. The van der Waals surface area contributed by atoms with Gasteiger partial charge < -0.3 is 20.9 Å². The van der Waals surface area contributed by atoms with Crippen LogP contribution in [0.15, 0.2) is 60.9 Å². The molecule has 0 bridgehead atoms. The van der Waals surface area contributed by atoms with Gasteiger partial charge in [-0.1, -0.05) is 34.8 Å². The fourth-order valence-corrected chi connectivity index (χ4v) is 6.39. The maximum absolute atomic E-state index is 13.7. The minimum absolute atomic E-state index is 0.0395. The third kappa shape index (κ3) is 6.69. The Labute approximate surface area is 248 Å². The number of aromatic nitrogens is 3. The lowest BCUT2D eigenvalue weighted by Crippen LogP contribution is -2.59. The van der Waals surface area contributed by atoms with Crippen LogP contribution in [0.2, 0.25) is 5.02 Å². The molecule has 0 aliphatic carbocycles. The first-order valence-corrected chi connectivity index (χ1v) is 14.9. The molecule has 2 fully saturated rings. The molecule has 41 heavy (non-hydrogen) atoms. The Hall–Kier alpha value is -3.54. The van der Waals surface area contributed by atoms with Crippen molar-refractivity contribution in [2.45, 2.75) is 31.3 Å². The summed E-state index contributed by atoms with van der Waals surface area (Å²) >= 11 is 7.94. The first kappa shape index (κ1) is 29.0. The highest BCUT2D eigenvalue weighted by atomic mass is 35.5. The molecule has 5 rings (SSSR count). The van der Waals surface area contributed by atoms with E-state index in [4.69, 9.17) is 17.3 Å². The topological polar surface area (TPSA) is 104 Å². The number of piperazine rings is 1. The maximum Gasteiger partial charge on any atom is 0.253 e. The van der Waals surface area contributed by atoms with Gasteiger partial charge in [0.25, 0.3) is 5.91 Å². The van der Waals surface area contributed by atoms with Gasteiger partial charge in [0.05, 0.1) is 11.7 Å². The molecule has 1 aromatic carbocycles. The highest BCUT2D eigenvalue weighted by Crippen LogP contribution is 2.31. The number of nitrogens with two attached hydrogens (primary N) is 1. The van der Waals surface area contributed by atoms with Crippen molar-refractivity contribution in [2.75, 3.05) is 44.3 Å². The molecule has 3 aromatic rings. The first-order valence-electron chi connectivity index (χ1n) is 13.7. The molecule has 1 atom stereocenters. The van der Waals surface area contributed by atoms with Crippen LogP contribution in [0, 0.1) is 0 Å². The Kier molecular flexibility index (Phi) is 9.48. The zero-order chi connectivity index (χ0) is 28.8. The maximum atomic E-state index is 13.7. The van der Waals surface area contributed by atoms with Gasteiger partial charge in [0.1, 0.15) is 11.5 Å². The SMILES string of the molecule is C=C(N/C=C\N)c1cnc(N2CCN(C3CCN(C(=O)c4ccc(-c5csnn5)cc4)CC3)[C@@H](CCF)C2)c(Cl)c1. The minimum atomic E-state index is -0.389. The molecule has 9 nitrogen and oxygen atoms in total. The summed E-state index contributed by atoms with van der Waals surface area (Å²) in [4.78, 5) is 24.3. The Bertz CT molecular complexity index is 1360. The number of nitrogens with zero attached hydrogens (tertiary/aromatic N) is 6. The molecule has 2 aliphatic rings. The van der Waals surface area contributed by atoms with Crippen LogP contribution in [0.25, 0.3) is 17.0 Å². The average molecular weight is 597 g/mol. The van der Waals surface area contributed by atoms with E-state index in [9.17, 15) is 9.18 Å². The second-order valence-electron chi connectivity index (χ2n) is 10.2. The number of hydrogen-bond donors (Lipinski definition) is 2. The molecular weight excluding hydrogens is 563 g/mol. The largest absolute Gasteiger partial charge is 0.403 e. The lowest BCUT2D eigenvalue weighted by Gasteiger charge is -2.47. The van der Waals surface area contributed by atoms with Crippen LogP contribution in [-0.4, -0.2) is 81.8 Å². The Morgan fingerprint density at radius 2 is 1.98 bits per heavy atom. The summed E-state index contributed by atoms with van der Waals surface area (Å²) in [5.41, 5.74) is 9.23. The summed E-state index contributed by atoms with van der Waals surface area (Å²) in [7, 11) is 0. The van der Waals surface area contributed by atoms with Gasteiger partial charge in [0.15, 0.2) is 0 Å². The molecule has 0 spiro atoms. The van der Waals surface area contributed by atoms with E-state index in [1.54, 1.807) is 12.4 Å². The number of piperidine rings is 1. The monoisotopic (exact) mass is 596 g/mol. The van der Waals surface area contributed by atoms with E-state index in [2.05, 4.69) is 36.3 Å². The Balaban J connectivity index is 1.18. The molecule has 0 radical (unpaired) electrons. The van der Waals surface area contributed by atoms with E-state index in [0.717, 1.165) is 42.8 Å². The normalized spacial score (nSPS) is 18.6. The summed E-state index contributed by atoms with van der Waals surface area (Å²) in [6, 6.07) is 9.71. The second-order valence-corrected chi connectivity index (χ2v) is 11.2. The van der Waals surface area contributed by atoms with Crippen LogP contribution in [0.4, 0.5) is 10.2 Å². The average Bonchev–Trinajstić information content (AvgIpc) is 3.55. The minimum Gasteiger partial charge on any atom is -0.403 e. The Morgan fingerprint density at radius 3 is 2.63 bits per heavy atom. The van der Waals surface area contributed by atoms with Crippen molar-refractivity contribution in [3.8, 4) is 11.3 Å². The molecule has 2 saturated heterocycles. The number of rotatable bonds is 9. The van der Waals surface area contributed by atoms with Gasteiger partial charge in [-0.3, -0.25) is 14.1 Å². The van der Waals surface area contributed by atoms with E-state index in [0.29, 0.717) is 54.2 Å². The van der Waals surface area contributed by atoms with Gasteiger partial charge in [0.2, 0.25) is 0 Å². The molecule has 2 aliphatic heterocycles. The molecule has 12 heteroatoms. The van der Waals surface area contributed by atoms with Crippen molar-refractivity contribution >= 4 is 40.6 Å². The number of alkyl halides is 1. The molecule has 1 amide bonds. The summed E-state index contributed by atoms with van der Waals surface area (Å²) < 4.78 is 17.6. The predicted molar refractivity (Wildman–Crippen MR) is 162 cm³/mol. The lowest BCUT2D eigenvalue weighted by atomic mass is 9.97. The molecule has 0 saturated carbocycles. The van der Waals surface area contributed by atoms with Crippen molar-refractivity contribution < 1.29 is 9.18 Å². The second kappa shape index (κ2) is 13.4. The zero-order valence-corrected chi connectivity index (χ0v) is 24.3. The van der Waals surface area contributed by atoms with Gasteiger partial charge in [-0.15, -0.1) is 5.10 Å². The summed E-state index contributed by atoms with van der Waals surface area (Å²) in [6.07, 6.45) is 6.87. The summed E-state index contributed by atoms with van der Waals surface area (Å²) in [5, 5.41) is 9.48. The van der Waals surface area contributed by atoms with Crippen molar-refractivity contribution in [3.63, 3.8) is 0 Å². The number of benzene rings is 1. The molecular formula is C29H34ClFN8OS. The highest BCUT2D eigenvalue weighted by molar-refractivity contribution is 7.03. The fraction of sp³-hybridized carbons (Fsp3) is 0.379. The van der Waals surface area contributed by atoms with Gasteiger partial charge in [-0.2, -0.15) is 0 Å². The van der Waals surface area contributed by atoms with Crippen molar-refractivity contribution in [1.29, 1.82) is 0 Å². The smallest absolute Gasteiger partial charge is 0.253 e. The fourth-order valence-electron chi connectivity index (χ4n) is 5.64.